The predicted octanol–water partition coefficient (Wildman–Crippen LogP) is 0.476. The van der Waals surface area contributed by atoms with Crippen LogP contribution in [0.4, 0.5) is 0 Å². The van der Waals surface area contributed by atoms with E-state index in [0.717, 1.165) is 11.3 Å². The van der Waals surface area contributed by atoms with Crippen LogP contribution in [-0.2, 0) is 16.1 Å². The Labute approximate surface area is 123 Å². The molecule has 1 atom stereocenters. The summed E-state index contributed by atoms with van der Waals surface area (Å²) >= 11 is 0. The van der Waals surface area contributed by atoms with Gasteiger partial charge in [0.25, 0.3) is 5.56 Å². The second-order valence-corrected chi connectivity index (χ2v) is 5.49. The van der Waals surface area contributed by atoms with Crippen LogP contribution in [0.1, 0.15) is 30.2 Å². The lowest BCUT2D eigenvalue weighted by molar-refractivity contribution is -0.128. The summed E-state index contributed by atoms with van der Waals surface area (Å²) < 4.78 is 0. The Kier molecular flexibility index (Phi) is 4.45. The molecule has 0 unspecified atom stereocenters. The van der Waals surface area contributed by atoms with E-state index in [1.165, 1.54) is 0 Å². The molecule has 1 saturated heterocycles. The van der Waals surface area contributed by atoms with Crippen molar-refractivity contribution in [3.8, 4) is 0 Å². The molecule has 1 aliphatic heterocycles. The molecule has 6 heteroatoms. The van der Waals surface area contributed by atoms with Crippen LogP contribution < -0.4 is 10.9 Å². The highest BCUT2D eigenvalue weighted by Crippen LogP contribution is 2.17. The fourth-order valence-corrected chi connectivity index (χ4v) is 2.67. The summed E-state index contributed by atoms with van der Waals surface area (Å²) in [5, 5.41) is 2.77. The first kappa shape index (κ1) is 15.3. The van der Waals surface area contributed by atoms with E-state index < -0.39 is 0 Å². The van der Waals surface area contributed by atoms with Gasteiger partial charge in [0.05, 0.1) is 5.92 Å². The summed E-state index contributed by atoms with van der Waals surface area (Å²) in [5.74, 6) is -0.469. The van der Waals surface area contributed by atoms with Crippen LogP contribution in [-0.4, -0.2) is 34.8 Å². The number of carbonyl (C=O) groups is 2. The molecule has 1 aromatic rings. The standard InChI is InChI=1S/C15H21N3O3/c1-4-18-8-11(6-13(18)19)14(20)16-7-12-9(2)5-10(3)17-15(12)21/h5,11H,4,6-8H2,1-3H3,(H,16,20)(H,17,21)/t11-/m1/s1. The van der Waals surface area contributed by atoms with Gasteiger partial charge >= 0.3 is 0 Å². The Bertz CT molecular complexity index is 621. The number of pyridine rings is 1. The second-order valence-electron chi connectivity index (χ2n) is 5.49. The monoisotopic (exact) mass is 291 g/mol. The third-order valence-electron chi connectivity index (χ3n) is 3.90. The van der Waals surface area contributed by atoms with Crippen molar-refractivity contribution in [1.29, 1.82) is 0 Å². The molecular weight excluding hydrogens is 270 g/mol. The van der Waals surface area contributed by atoms with E-state index in [-0.39, 0.29) is 36.3 Å². The maximum Gasteiger partial charge on any atom is 0.253 e. The molecule has 21 heavy (non-hydrogen) atoms. The molecule has 2 N–H and O–H groups in total. The molecule has 0 aliphatic carbocycles. The Morgan fingerprint density at radius 2 is 2.14 bits per heavy atom. The first-order valence-electron chi connectivity index (χ1n) is 7.17. The molecule has 0 radical (unpaired) electrons. The van der Waals surface area contributed by atoms with Crippen LogP contribution in [0.2, 0.25) is 0 Å². The number of hydrogen-bond acceptors (Lipinski definition) is 3. The van der Waals surface area contributed by atoms with E-state index in [2.05, 4.69) is 10.3 Å². The minimum absolute atomic E-state index is 0.0158. The molecule has 0 spiro atoms. The number of nitrogens with zero attached hydrogens (tertiary/aromatic N) is 1. The average molecular weight is 291 g/mol. The molecule has 0 saturated carbocycles. The van der Waals surface area contributed by atoms with Crippen LogP contribution in [0, 0.1) is 19.8 Å². The Balaban J connectivity index is 2.00. The van der Waals surface area contributed by atoms with Crippen LogP contribution >= 0.6 is 0 Å². The van der Waals surface area contributed by atoms with Crippen molar-refractivity contribution in [1.82, 2.24) is 15.2 Å². The largest absolute Gasteiger partial charge is 0.351 e. The van der Waals surface area contributed by atoms with Gasteiger partial charge in [-0.3, -0.25) is 14.4 Å². The molecule has 0 aromatic carbocycles. The maximum atomic E-state index is 12.1. The predicted molar refractivity (Wildman–Crippen MR) is 78.7 cm³/mol. The zero-order valence-electron chi connectivity index (χ0n) is 12.7. The third kappa shape index (κ3) is 3.32. The quantitative estimate of drug-likeness (QED) is 0.846. The minimum atomic E-state index is -0.317. The molecule has 1 fully saturated rings. The van der Waals surface area contributed by atoms with Gasteiger partial charge in [-0.1, -0.05) is 0 Å². The number of aromatic nitrogens is 1. The van der Waals surface area contributed by atoms with Crippen molar-refractivity contribution in [2.45, 2.75) is 33.7 Å². The van der Waals surface area contributed by atoms with Gasteiger partial charge in [-0.2, -0.15) is 0 Å². The lowest BCUT2D eigenvalue weighted by Crippen LogP contribution is -2.34. The van der Waals surface area contributed by atoms with Crippen molar-refractivity contribution in [3.63, 3.8) is 0 Å². The first-order chi connectivity index (χ1) is 9.92. The number of aromatic amines is 1. The van der Waals surface area contributed by atoms with Crippen molar-refractivity contribution in [2.24, 2.45) is 5.92 Å². The van der Waals surface area contributed by atoms with Crippen molar-refractivity contribution >= 4 is 11.8 Å². The summed E-state index contributed by atoms with van der Waals surface area (Å²) in [7, 11) is 0. The van der Waals surface area contributed by atoms with E-state index in [1.807, 2.05) is 26.8 Å². The van der Waals surface area contributed by atoms with Gasteiger partial charge in [0, 0.05) is 37.3 Å². The maximum absolute atomic E-state index is 12.1. The van der Waals surface area contributed by atoms with Crippen molar-refractivity contribution in [3.05, 3.63) is 33.2 Å². The third-order valence-corrected chi connectivity index (χ3v) is 3.90. The van der Waals surface area contributed by atoms with Crippen molar-refractivity contribution < 1.29 is 9.59 Å². The highest BCUT2D eigenvalue weighted by Gasteiger charge is 2.33. The van der Waals surface area contributed by atoms with E-state index in [0.29, 0.717) is 18.7 Å². The van der Waals surface area contributed by atoms with Gasteiger partial charge in [0.1, 0.15) is 0 Å². The highest BCUT2D eigenvalue weighted by atomic mass is 16.2. The zero-order chi connectivity index (χ0) is 15.6. The van der Waals surface area contributed by atoms with Crippen molar-refractivity contribution in [2.75, 3.05) is 13.1 Å². The Morgan fingerprint density at radius 3 is 2.71 bits per heavy atom. The zero-order valence-corrected chi connectivity index (χ0v) is 12.7. The number of nitrogens with one attached hydrogen (secondary N) is 2. The number of amides is 2. The lowest BCUT2D eigenvalue weighted by Gasteiger charge is -2.14. The fraction of sp³-hybridized carbons (Fsp3) is 0.533. The topological polar surface area (TPSA) is 82.3 Å². The summed E-state index contributed by atoms with van der Waals surface area (Å²) in [4.78, 5) is 40.0. The first-order valence-corrected chi connectivity index (χ1v) is 7.17. The number of aryl methyl sites for hydroxylation is 2. The lowest BCUT2D eigenvalue weighted by atomic mass is 10.1. The molecule has 1 aliphatic rings. The molecule has 1 aromatic heterocycles. The normalized spacial score (nSPS) is 18.1. The van der Waals surface area contributed by atoms with Crippen LogP contribution in [0.15, 0.2) is 10.9 Å². The molecule has 2 amide bonds. The number of rotatable bonds is 4. The average Bonchev–Trinajstić information content (AvgIpc) is 2.78. The van der Waals surface area contributed by atoms with Gasteiger partial charge in [-0.15, -0.1) is 0 Å². The molecule has 2 heterocycles. The highest BCUT2D eigenvalue weighted by molar-refractivity contribution is 5.89. The second kappa shape index (κ2) is 6.11. The summed E-state index contributed by atoms with van der Waals surface area (Å²) in [5.41, 5.74) is 2.04. The molecule has 114 valence electrons. The van der Waals surface area contributed by atoms with E-state index in [1.54, 1.807) is 4.90 Å². The van der Waals surface area contributed by atoms with Gasteiger partial charge in [0.15, 0.2) is 0 Å². The number of likely N-dealkylation sites (tertiary alicyclic amines) is 1. The fourth-order valence-electron chi connectivity index (χ4n) is 2.67. The molecule has 6 nitrogen and oxygen atoms in total. The van der Waals surface area contributed by atoms with Gasteiger partial charge in [0.2, 0.25) is 11.8 Å². The number of H-pyrrole nitrogens is 1. The number of carbonyl (C=O) groups excluding carboxylic acids is 2. The summed E-state index contributed by atoms with van der Waals surface area (Å²) in [6.07, 6.45) is 0.253. The molecule has 2 rings (SSSR count). The van der Waals surface area contributed by atoms with Crippen LogP contribution in [0.5, 0.6) is 0 Å². The summed E-state index contributed by atoms with van der Waals surface area (Å²) in [6, 6.07) is 1.88. The van der Waals surface area contributed by atoms with Crippen LogP contribution in [0.3, 0.4) is 0 Å². The van der Waals surface area contributed by atoms with Crippen LogP contribution in [0.25, 0.3) is 0 Å². The van der Waals surface area contributed by atoms with E-state index in [4.69, 9.17) is 0 Å². The molecular formula is C15H21N3O3. The van der Waals surface area contributed by atoms with E-state index >= 15 is 0 Å². The van der Waals surface area contributed by atoms with Gasteiger partial charge in [-0.05, 0) is 32.4 Å². The molecule has 0 bridgehead atoms. The Hall–Kier alpha value is -2.11. The van der Waals surface area contributed by atoms with Gasteiger partial charge in [-0.25, -0.2) is 0 Å². The smallest absolute Gasteiger partial charge is 0.253 e. The number of hydrogen-bond donors (Lipinski definition) is 2. The minimum Gasteiger partial charge on any atom is -0.351 e. The Morgan fingerprint density at radius 1 is 1.43 bits per heavy atom. The van der Waals surface area contributed by atoms with Gasteiger partial charge < -0.3 is 15.2 Å². The summed E-state index contributed by atoms with van der Waals surface area (Å²) in [6.45, 7) is 6.84. The SMILES string of the molecule is CCN1C[C@H](C(=O)NCc2c(C)cc(C)[nH]c2=O)CC1=O. The van der Waals surface area contributed by atoms with E-state index in [9.17, 15) is 14.4 Å².